The molecule has 0 radical (unpaired) electrons. The van der Waals surface area contributed by atoms with Gasteiger partial charge in [-0.2, -0.15) is 0 Å². The predicted octanol–water partition coefficient (Wildman–Crippen LogP) is 2.44. The molecule has 0 bridgehead atoms. The lowest BCUT2D eigenvalue weighted by Gasteiger charge is -2.23. The fourth-order valence-electron chi connectivity index (χ4n) is 1.71. The molecule has 0 aliphatic heterocycles. The fraction of sp³-hybridized carbons (Fsp3) is 0.857. The van der Waals surface area contributed by atoms with Crippen LogP contribution in [0.4, 0.5) is 0 Å². The minimum absolute atomic E-state index is 0.130. The van der Waals surface area contributed by atoms with Gasteiger partial charge < -0.3 is 10.5 Å². The molecule has 0 amide bonds. The van der Waals surface area contributed by atoms with Gasteiger partial charge in [0.05, 0.1) is 5.92 Å². The van der Waals surface area contributed by atoms with Crippen LogP contribution in [0.15, 0.2) is 0 Å². The second-order valence-electron chi connectivity index (χ2n) is 5.65. The normalized spacial score (nSPS) is 13.2. The number of ketones is 1. The maximum absolute atomic E-state index is 12.0. The average Bonchev–Trinajstić information content (AvgIpc) is 2.21. The van der Waals surface area contributed by atoms with Crippen LogP contribution in [0.3, 0.4) is 0 Å². The van der Waals surface area contributed by atoms with E-state index in [1.807, 2.05) is 27.7 Å². The number of esters is 1. The second-order valence-corrected chi connectivity index (χ2v) is 5.65. The van der Waals surface area contributed by atoms with Crippen LogP contribution < -0.4 is 5.73 Å². The third-order valence-electron chi connectivity index (χ3n) is 2.50. The van der Waals surface area contributed by atoms with Crippen LogP contribution in [0.2, 0.25) is 0 Å². The highest BCUT2D eigenvalue weighted by Gasteiger charge is 2.26. The zero-order valence-electron chi connectivity index (χ0n) is 12.1. The molecular formula is C14H27NO3. The Morgan fingerprint density at radius 3 is 2.33 bits per heavy atom. The van der Waals surface area contributed by atoms with Crippen molar-refractivity contribution < 1.29 is 14.3 Å². The van der Waals surface area contributed by atoms with E-state index in [1.54, 1.807) is 0 Å². The van der Waals surface area contributed by atoms with Gasteiger partial charge in [-0.05, 0) is 46.6 Å². The van der Waals surface area contributed by atoms with Crippen LogP contribution in [-0.2, 0) is 14.3 Å². The molecule has 0 aromatic heterocycles. The van der Waals surface area contributed by atoms with Gasteiger partial charge in [0, 0.05) is 12.8 Å². The third kappa shape index (κ3) is 8.23. The van der Waals surface area contributed by atoms with Crippen LogP contribution in [0.5, 0.6) is 0 Å². The van der Waals surface area contributed by atoms with Gasteiger partial charge in [-0.25, -0.2) is 0 Å². The molecule has 0 unspecified atom stereocenters. The van der Waals surface area contributed by atoms with Gasteiger partial charge in [-0.1, -0.05) is 6.92 Å². The van der Waals surface area contributed by atoms with E-state index in [4.69, 9.17) is 10.5 Å². The van der Waals surface area contributed by atoms with Crippen molar-refractivity contribution in [2.24, 2.45) is 11.7 Å². The zero-order valence-corrected chi connectivity index (χ0v) is 12.1. The molecule has 0 aliphatic carbocycles. The summed E-state index contributed by atoms with van der Waals surface area (Å²) in [4.78, 5) is 23.6. The number of hydrogen-bond donors (Lipinski definition) is 1. The average molecular weight is 257 g/mol. The Balaban J connectivity index is 4.46. The zero-order chi connectivity index (χ0) is 14.2. The van der Waals surface area contributed by atoms with Gasteiger partial charge in [0.15, 0.2) is 0 Å². The topological polar surface area (TPSA) is 69.4 Å². The van der Waals surface area contributed by atoms with Crippen molar-refractivity contribution in [1.82, 2.24) is 0 Å². The molecule has 18 heavy (non-hydrogen) atoms. The summed E-state index contributed by atoms with van der Waals surface area (Å²) in [6.45, 7) is 7.98. The molecule has 1 atom stereocenters. The van der Waals surface area contributed by atoms with Crippen molar-refractivity contribution in [1.29, 1.82) is 0 Å². The highest BCUT2D eigenvalue weighted by Crippen LogP contribution is 2.19. The largest absolute Gasteiger partial charge is 0.460 e. The maximum atomic E-state index is 12.0. The van der Waals surface area contributed by atoms with Crippen molar-refractivity contribution >= 4 is 11.8 Å². The number of carbonyl (C=O) groups is 2. The molecule has 0 saturated carbocycles. The molecule has 0 saturated heterocycles. The summed E-state index contributed by atoms with van der Waals surface area (Å²) in [5.74, 6) is -0.488. The second kappa shape index (κ2) is 8.25. The van der Waals surface area contributed by atoms with Crippen LogP contribution in [-0.4, -0.2) is 23.9 Å². The van der Waals surface area contributed by atoms with E-state index < -0.39 is 5.60 Å². The monoisotopic (exact) mass is 257 g/mol. The minimum atomic E-state index is -0.508. The first-order valence-electron chi connectivity index (χ1n) is 6.74. The Morgan fingerprint density at radius 1 is 1.28 bits per heavy atom. The maximum Gasteiger partial charge on any atom is 0.309 e. The van der Waals surface area contributed by atoms with Gasteiger partial charge in [0.1, 0.15) is 11.4 Å². The SMILES string of the molecule is CCCC(=O)C[C@@H](CCCN)C(=O)OC(C)(C)C. The quantitative estimate of drug-likeness (QED) is 0.678. The van der Waals surface area contributed by atoms with E-state index in [1.165, 1.54) is 0 Å². The lowest BCUT2D eigenvalue weighted by molar-refractivity contribution is -0.161. The lowest BCUT2D eigenvalue weighted by atomic mass is 9.95. The number of rotatable bonds is 8. The fourth-order valence-corrected chi connectivity index (χ4v) is 1.71. The first-order chi connectivity index (χ1) is 8.30. The van der Waals surface area contributed by atoms with Crippen molar-refractivity contribution in [3.63, 3.8) is 0 Å². The highest BCUT2D eigenvalue weighted by atomic mass is 16.6. The van der Waals surface area contributed by atoms with Crippen LogP contribution in [0.1, 0.15) is 59.8 Å². The van der Waals surface area contributed by atoms with Crippen molar-refractivity contribution in [2.75, 3.05) is 6.54 Å². The number of hydrogen-bond acceptors (Lipinski definition) is 4. The lowest BCUT2D eigenvalue weighted by Crippen LogP contribution is -2.30. The standard InChI is InChI=1S/C14H27NO3/c1-5-7-12(16)10-11(8-6-9-15)13(17)18-14(2,3)4/h11H,5-10,15H2,1-4H3/t11-/m1/s1. The van der Waals surface area contributed by atoms with E-state index in [-0.39, 0.29) is 24.1 Å². The van der Waals surface area contributed by atoms with Crippen LogP contribution in [0, 0.1) is 5.92 Å². The molecule has 0 aromatic rings. The molecule has 106 valence electrons. The minimum Gasteiger partial charge on any atom is -0.460 e. The Morgan fingerprint density at radius 2 is 1.89 bits per heavy atom. The highest BCUT2D eigenvalue weighted by molar-refractivity contribution is 5.84. The number of Topliss-reactive ketones (excluding diaryl/α,β-unsaturated/α-hetero) is 1. The Kier molecular flexibility index (Phi) is 7.83. The molecule has 0 heterocycles. The summed E-state index contributed by atoms with van der Waals surface area (Å²) in [7, 11) is 0. The summed E-state index contributed by atoms with van der Waals surface area (Å²) in [6, 6.07) is 0. The van der Waals surface area contributed by atoms with Gasteiger partial charge in [-0.3, -0.25) is 9.59 Å². The van der Waals surface area contributed by atoms with Gasteiger partial charge in [0.25, 0.3) is 0 Å². The molecular weight excluding hydrogens is 230 g/mol. The molecule has 0 spiro atoms. The first-order valence-corrected chi connectivity index (χ1v) is 6.74. The van der Waals surface area contributed by atoms with Crippen molar-refractivity contribution in [3.8, 4) is 0 Å². The molecule has 0 aliphatic rings. The van der Waals surface area contributed by atoms with Crippen molar-refractivity contribution in [3.05, 3.63) is 0 Å². The van der Waals surface area contributed by atoms with E-state index >= 15 is 0 Å². The molecule has 4 heteroatoms. The molecule has 0 fully saturated rings. The van der Waals surface area contributed by atoms with Crippen molar-refractivity contribution in [2.45, 2.75) is 65.4 Å². The van der Waals surface area contributed by atoms with Crippen LogP contribution in [0.25, 0.3) is 0 Å². The number of carbonyl (C=O) groups excluding carboxylic acids is 2. The van der Waals surface area contributed by atoms with Crippen LogP contribution >= 0.6 is 0 Å². The Labute approximate surface area is 110 Å². The van der Waals surface area contributed by atoms with Gasteiger partial charge >= 0.3 is 5.97 Å². The summed E-state index contributed by atoms with van der Waals surface area (Å²) in [6.07, 6.45) is 2.99. The molecule has 0 rings (SSSR count). The third-order valence-corrected chi connectivity index (χ3v) is 2.50. The van der Waals surface area contributed by atoms with E-state index in [9.17, 15) is 9.59 Å². The molecule has 0 aromatic carbocycles. The number of nitrogens with two attached hydrogens (primary N) is 1. The summed E-state index contributed by atoms with van der Waals surface area (Å²) in [5.41, 5.74) is 4.95. The summed E-state index contributed by atoms with van der Waals surface area (Å²) in [5, 5.41) is 0. The number of ether oxygens (including phenoxy) is 1. The summed E-state index contributed by atoms with van der Waals surface area (Å²) >= 11 is 0. The first kappa shape index (κ1) is 17.1. The van der Waals surface area contributed by atoms with E-state index in [2.05, 4.69) is 0 Å². The summed E-state index contributed by atoms with van der Waals surface area (Å²) < 4.78 is 5.34. The Hall–Kier alpha value is -0.900. The smallest absolute Gasteiger partial charge is 0.309 e. The molecule has 2 N–H and O–H groups in total. The van der Waals surface area contributed by atoms with E-state index in [0.29, 0.717) is 19.4 Å². The van der Waals surface area contributed by atoms with Gasteiger partial charge in [0.2, 0.25) is 0 Å². The van der Waals surface area contributed by atoms with Gasteiger partial charge in [-0.15, -0.1) is 0 Å². The predicted molar refractivity (Wildman–Crippen MR) is 72.2 cm³/mol. The Bertz CT molecular complexity index is 269. The molecule has 4 nitrogen and oxygen atoms in total. The van der Waals surface area contributed by atoms with E-state index in [0.717, 1.165) is 12.8 Å².